The van der Waals surface area contributed by atoms with Crippen molar-refractivity contribution in [3.8, 4) is 0 Å². The van der Waals surface area contributed by atoms with Gasteiger partial charge in [-0.2, -0.15) is 0 Å². The quantitative estimate of drug-likeness (QED) is 0.626. The predicted octanol–water partition coefficient (Wildman–Crippen LogP) is 4.66. The highest BCUT2D eigenvalue weighted by molar-refractivity contribution is 7.15. The Morgan fingerprint density at radius 3 is 2.78 bits per heavy atom. The fraction of sp³-hybridized carbons (Fsp3) is 0.211. The Morgan fingerprint density at radius 1 is 1.15 bits per heavy atom. The Balaban J connectivity index is 1.45. The van der Waals surface area contributed by atoms with Gasteiger partial charge in [0, 0.05) is 30.9 Å². The standard InChI is InChI=1S/C19H16Cl2N4OS/c20-13-6-7-16(21)23-17(13)18(26)24-19-22-14-8-9-25(11-15(14)27-19)10-12-4-2-1-3-5-12/h1-7H,8-11H2,(H,22,24,26). The van der Waals surface area contributed by atoms with E-state index in [-0.39, 0.29) is 15.9 Å². The van der Waals surface area contributed by atoms with E-state index in [0.717, 1.165) is 31.7 Å². The van der Waals surface area contributed by atoms with Gasteiger partial charge in [0.25, 0.3) is 5.91 Å². The number of aromatic nitrogens is 2. The topological polar surface area (TPSA) is 58.1 Å². The van der Waals surface area contributed by atoms with E-state index in [1.54, 1.807) is 12.1 Å². The number of carbonyl (C=O) groups excluding carboxylic acids is 1. The van der Waals surface area contributed by atoms with Crippen LogP contribution in [0.4, 0.5) is 5.13 Å². The third-order valence-electron chi connectivity index (χ3n) is 4.31. The maximum atomic E-state index is 12.4. The summed E-state index contributed by atoms with van der Waals surface area (Å²) in [5.74, 6) is -0.408. The summed E-state index contributed by atoms with van der Waals surface area (Å²) in [7, 11) is 0. The van der Waals surface area contributed by atoms with E-state index in [4.69, 9.17) is 23.2 Å². The van der Waals surface area contributed by atoms with Crippen molar-refractivity contribution >= 4 is 45.6 Å². The highest BCUT2D eigenvalue weighted by atomic mass is 35.5. The Kier molecular flexibility index (Phi) is 5.41. The van der Waals surface area contributed by atoms with Crippen molar-refractivity contribution in [3.63, 3.8) is 0 Å². The Bertz CT molecular complexity index is 977. The van der Waals surface area contributed by atoms with E-state index in [2.05, 4.69) is 44.5 Å². The number of hydrogen-bond acceptors (Lipinski definition) is 5. The summed E-state index contributed by atoms with van der Waals surface area (Å²) >= 11 is 13.4. The number of anilines is 1. The number of benzene rings is 1. The second-order valence-corrected chi connectivity index (χ2v) is 8.13. The molecule has 3 aromatic rings. The van der Waals surface area contributed by atoms with Crippen LogP contribution in [0.15, 0.2) is 42.5 Å². The number of thiazole rings is 1. The summed E-state index contributed by atoms with van der Waals surface area (Å²) < 4.78 is 0. The molecule has 0 saturated carbocycles. The van der Waals surface area contributed by atoms with Crippen LogP contribution in [-0.4, -0.2) is 27.3 Å². The summed E-state index contributed by atoms with van der Waals surface area (Å²) in [4.78, 5) is 24.6. The molecule has 1 aliphatic heterocycles. The van der Waals surface area contributed by atoms with Crippen molar-refractivity contribution in [2.45, 2.75) is 19.5 Å². The molecule has 0 radical (unpaired) electrons. The van der Waals surface area contributed by atoms with Gasteiger partial charge in [0.2, 0.25) is 0 Å². The first-order valence-electron chi connectivity index (χ1n) is 8.47. The second-order valence-electron chi connectivity index (χ2n) is 6.25. The van der Waals surface area contributed by atoms with Gasteiger partial charge in [-0.3, -0.25) is 15.0 Å². The molecular weight excluding hydrogens is 403 g/mol. The molecule has 1 amide bonds. The lowest BCUT2D eigenvalue weighted by molar-refractivity contribution is 0.102. The number of nitrogens with zero attached hydrogens (tertiary/aromatic N) is 3. The monoisotopic (exact) mass is 418 g/mol. The zero-order valence-electron chi connectivity index (χ0n) is 14.3. The van der Waals surface area contributed by atoms with E-state index >= 15 is 0 Å². The summed E-state index contributed by atoms with van der Waals surface area (Å²) in [5, 5.41) is 3.83. The molecule has 138 valence electrons. The molecule has 27 heavy (non-hydrogen) atoms. The van der Waals surface area contributed by atoms with Gasteiger partial charge in [-0.1, -0.05) is 53.5 Å². The fourth-order valence-corrected chi connectivity index (χ4v) is 4.40. The first kappa shape index (κ1) is 18.4. The van der Waals surface area contributed by atoms with Crippen LogP contribution >= 0.6 is 34.5 Å². The van der Waals surface area contributed by atoms with Crippen molar-refractivity contribution in [2.24, 2.45) is 0 Å². The minimum atomic E-state index is -0.408. The third-order valence-corrected chi connectivity index (χ3v) is 5.82. The number of hydrogen-bond donors (Lipinski definition) is 1. The van der Waals surface area contributed by atoms with Gasteiger partial charge < -0.3 is 0 Å². The van der Waals surface area contributed by atoms with Crippen LogP contribution in [0.3, 0.4) is 0 Å². The largest absolute Gasteiger partial charge is 0.296 e. The number of carbonyl (C=O) groups is 1. The molecule has 1 aromatic carbocycles. The molecule has 0 aliphatic carbocycles. The van der Waals surface area contributed by atoms with Gasteiger partial charge in [0.15, 0.2) is 5.13 Å². The van der Waals surface area contributed by atoms with Gasteiger partial charge in [-0.05, 0) is 17.7 Å². The Labute approximate surface area is 171 Å². The molecule has 1 N–H and O–H groups in total. The van der Waals surface area contributed by atoms with Gasteiger partial charge in [0.1, 0.15) is 10.8 Å². The van der Waals surface area contributed by atoms with Gasteiger partial charge in [-0.25, -0.2) is 9.97 Å². The molecule has 0 unspecified atom stereocenters. The summed E-state index contributed by atoms with van der Waals surface area (Å²) in [6, 6.07) is 13.5. The van der Waals surface area contributed by atoms with E-state index in [1.165, 1.54) is 21.8 Å². The SMILES string of the molecule is O=C(Nc1nc2c(s1)CN(Cc1ccccc1)CC2)c1nc(Cl)ccc1Cl. The molecule has 4 rings (SSSR count). The molecule has 0 bridgehead atoms. The van der Waals surface area contributed by atoms with Gasteiger partial charge in [0.05, 0.1) is 10.7 Å². The molecule has 5 nitrogen and oxygen atoms in total. The molecule has 0 atom stereocenters. The highest BCUT2D eigenvalue weighted by Crippen LogP contribution is 2.29. The van der Waals surface area contributed by atoms with Crippen molar-refractivity contribution in [1.29, 1.82) is 0 Å². The fourth-order valence-electron chi connectivity index (χ4n) is 3.01. The molecule has 8 heteroatoms. The minimum Gasteiger partial charge on any atom is -0.296 e. The molecule has 3 heterocycles. The van der Waals surface area contributed by atoms with Gasteiger partial charge >= 0.3 is 0 Å². The van der Waals surface area contributed by atoms with Crippen LogP contribution in [0.5, 0.6) is 0 Å². The number of fused-ring (bicyclic) bond motifs is 1. The molecular formula is C19H16Cl2N4OS. The van der Waals surface area contributed by atoms with Crippen molar-refractivity contribution in [2.75, 3.05) is 11.9 Å². The maximum absolute atomic E-state index is 12.4. The van der Waals surface area contributed by atoms with Crippen LogP contribution in [0.2, 0.25) is 10.2 Å². The van der Waals surface area contributed by atoms with Crippen molar-refractivity contribution < 1.29 is 4.79 Å². The van der Waals surface area contributed by atoms with E-state index in [9.17, 15) is 4.79 Å². The lowest BCUT2D eigenvalue weighted by atomic mass is 10.1. The molecule has 0 spiro atoms. The molecule has 2 aromatic heterocycles. The van der Waals surface area contributed by atoms with Crippen molar-refractivity contribution in [1.82, 2.24) is 14.9 Å². The number of nitrogens with one attached hydrogen (secondary N) is 1. The zero-order chi connectivity index (χ0) is 18.8. The first-order valence-corrected chi connectivity index (χ1v) is 10.0. The Hall–Kier alpha value is -1.99. The van der Waals surface area contributed by atoms with Crippen LogP contribution in [0.25, 0.3) is 0 Å². The smallest absolute Gasteiger partial charge is 0.277 e. The third kappa shape index (κ3) is 4.30. The zero-order valence-corrected chi connectivity index (χ0v) is 16.6. The van der Waals surface area contributed by atoms with E-state index in [0.29, 0.717) is 5.13 Å². The average molecular weight is 419 g/mol. The minimum absolute atomic E-state index is 0.100. The number of amides is 1. The molecule has 0 saturated heterocycles. The maximum Gasteiger partial charge on any atom is 0.277 e. The van der Waals surface area contributed by atoms with Gasteiger partial charge in [-0.15, -0.1) is 11.3 Å². The second kappa shape index (κ2) is 7.94. The van der Waals surface area contributed by atoms with E-state index < -0.39 is 5.91 Å². The normalized spacial score (nSPS) is 14.0. The van der Waals surface area contributed by atoms with Crippen LogP contribution < -0.4 is 5.32 Å². The van der Waals surface area contributed by atoms with Crippen molar-refractivity contribution in [3.05, 3.63) is 74.5 Å². The number of pyridine rings is 1. The number of halogens is 2. The van der Waals surface area contributed by atoms with Crippen LogP contribution in [0, 0.1) is 0 Å². The summed E-state index contributed by atoms with van der Waals surface area (Å²) in [6.07, 6.45) is 0.866. The predicted molar refractivity (Wildman–Crippen MR) is 109 cm³/mol. The lowest BCUT2D eigenvalue weighted by Crippen LogP contribution is -2.29. The van der Waals surface area contributed by atoms with Crippen LogP contribution in [0.1, 0.15) is 26.6 Å². The summed E-state index contributed by atoms with van der Waals surface area (Å²) in [5.41, 5.74) is 2.44. The average Bonchev–Trinajstić information content (AvgIpc) is 3.06. The highest BCUT2D eigenvalue weighted by Gasteiger charge is 2.22. The molecule has 1 aliphatic rings. The van der Waals surface area contributed by atoms with E-state index in [1.807, 2.05) is 6.07 Å². The first-order chi connectivity index (χ1) is 13.1. The van der Waals surface area contributed by atoms with Crippen LogP contribution in [-0.2, 0) is 19.5 Å². The Morgan fingerprint density at radius 2 is 1.96 bits per heavy atom. The molecule has 0 fully saturated rings. The number of rotatable bonds is 4. The lowest BCUT2D eigenvalue weighted by Gasteiger charge is -2.25. The summed E-state index contributed by atoms with van der Waals surface area (Å²) in [6.45, 7) is 2.68.